The summed E-state index contributed by atoms with van der Waals surface area (Å²) >= 11 is 0. The summed E-state index contributed by atoms with van der Waals surface area (Å²) in [4.78, 5) is 31.0. The molecule has 1 N–H and O–H groups in total. The highest BCUT2D eigenvalue weighted by atomic mass is 16.2. The van der Waals surface area contributed by atoms with E-state index in [1.807, 2.05) is 17.0 Å². The van der Waals surface area contributed by atoms with Crippen LogP contribution in [0, 0.1) is 0 Å². The molecular weight excluding hydrogens is 352 g/mol. The Morgan fingerprint density at radius 3 is 2.43 bits per heavy atom. The van der Waals surface area contributed by atoms with Gasteiger partial charge in [0.05, 0.1) is 0 Å². The number of likely N-dealkylation sites (N-methyl/N-ethyl adjacent to an activating group) is 1. The average Bonchev–Trinajstić information content (AvgIpc) is 2.70. The molecule has 2 aliphatic rings. The summed E-state index contributed by atoms with van der Waals surface area (Å²) in [5.74, 6) is 0.114. The van der Waals surface area contributed by atoms with Crippen molar-refractivity contribution in [3.63, 3.8) is 0 Å². The minimum Gasteiger partial charge on any atom is -0.356 e. The molecule has 0 saturated carbocycles. The number of likely N-dealkylation sites (tertiary alicyclic amines) is 1. The summed E-state index contributed by atoms with van der Waals surface area (Å²) in [6.45, 7) is 8.36. The quantitative estimate of drug-likeness (QED) is 0.812. The average molecular weight is 387 g/mol. The van der Waals surface area contributed by atoms with Gasteiger partial charge in [0.15, 0.2) is 0 Å². The minimum absolute atomic E-state index is 0.00961. The number of piperazine rings is 1. The third kappa shape index (κ3) is 5.79. The van der Waals surface area contributed by atoms with Crippen molar-refractivity contribution in [2.75, 3.05) is 46.3 Å². The van der Waals surface area contributed by atoms with Gasteiger partial charge in [0.25, 0.3) is 5.91 Å². The van der Waals surface area contributed by atoms with Crippen molar-refractivity contribution in [1.29, 1.82) is 0 Å². The van der Waals surface area contributed by atoms with Crippen LogP contribution >= 0.6 is 0 Å². The van der Waals surface area contributed by atoms with E-state index in [-0.39, 0.29) is 17.9 Å². The van der Waals surface area contributed by atoms with Crippen LogP contribution in [0.3, 0.4) is 0 Å². The molecule has 1 aromatic carbocycles. The molecule has 6 nitrogen and oxygen atoms in total. The van der Waals surface area contributed by atoms with Gasteiger partial charge in [0.1, 0.15) is 0 Å². The largest absolute Gasteiger partial charge is 0.356 e. The fraction of sp³-hybridized carbons (Fsp3) is 0.636. The summed E-state index contributed by atoms with van der Waals surface area (Å²) in [6, 6.07) is 8.38. The Labute approximate surface area is 168 Å². The van der Waals surface area contributed by atoms with Crippen molar-refractivity contribution < 1.29 is 9.59 Å². The van der Waals surface area contributed by atoms with Crippen LogP contribution in [0.1, 0.15) is 48.5 Å². The first-order valence-corrected chi connectivity index (χ1v) is 10.6. The van der Waals surface area contributed by atoms with E-state index < -0.39 is 0 Å². The third-order valence-electron chi connectivity index (χ3n) is 5.94. The number of amides is 2. The number of carbonyl (C=O) groups excluding carboxylic acids is 2. The second-order valence-electron chi connectivity index (χ2n) is 8.20. The second-order valence-corrected chi connectivity index (χ2v) is 8.20. The van der Waals surface area contributed by atoms with Gasteiger partial charge in [-0.2, -0.15) is 0 Å². The summed E-state index contributed by atoms with van der Waals surface area (Å²) in [5.41, 5.74) is 2.04. The number of nitrogens with zero attached hydrogens (tertiary/aromatic N) is 3. The predicted molar refractivity (Wildman–Crippen MR) is 111 cm³/mol. The van der Waals surface area contributed by atoms with E-state index in [9.17, 15) is 9.59 Å². The lowest BCUT2D eigenvalue weighted by Gasteiger charge is -2.36. The number of rotatable bonds is 6. The highest BCUT2D eigenvalue weighted by Crippen LogP contribution is 2.22. The molecule has 0 spiro atoms. The molecule has 0 radical (unpaired) electrons. The molecule has 2 heterocycles. The predicted octanol–water partition coefficient (Wildman–Crippen LogP) is 1.95. The highest BCUT2D eigenvalue weighted by molar-refractivity contribution is 5.94. The molecule has 0 unspecified atom stereocenters. The molecule has 0 bridgehead atoms. The van der Waals surface area contributed by atoms with E-state index in [0.29, 0.717) is 6.54 Å². The van der Waals surface area contributed by atoms with Crippen LogP contribution in [0.4, 0.5) is 0 Å². The first-order chi connectivity index (χ1) is 13.5. The Morgan fingerprint density at radius 1 is 1.04 bits per heavy atom. The van der Waals surface area contributed by atoms with E-state index in [0.717, 1.165) is 70.5 Å². The Morgan fingerprint density at radius 2 is 1.75 bits per heavy atom. The van der Waals surface area contributed by atoms with Crippen LogP contribution < -0.4 is 5.32 Å². The van der Waals surface area contributed by atoms with Crippen molar-refractivity contribution in [3.05, 3.63) is 35.4 Å². The van der Waals surface area contributed by atoms with E-state index in [2.05, 4.69) is 34.3 Å². The van der Waals surface area contributed by atoms with Crippen LogP contribution in [0.2, 0.25) is 0 Å². The molecule has 1 atom stereocenters. The Bertz CT molecular complexity index is 653. The van der Waals surface area contributed by atoms with Crippen molar-refractivity contribution in [1.82, 2.24) is 20.0 Å². The molecule has 1 aromatic rings. The van der Waals surface area contributed by atoms with Gasteiger partial charge >= 0.3 is 0 Å². The Balaban J connectivity index is 1.57. The fourth-order valence-electron chi connectivity index (χ4n) is 4.17. The second kappa shape index (κ2) is 10.0. The topological polar surface area (TPSA) is 55.9 Å². The van der Waals surface area contributed by atoms with Crippen LogP contribution in [0.5, 0.6) is 0 Å². The lowest BCUT2D eigenvalue weighted by Crippen LogP contribution is -2.45. The lowest BCUT2D eigenvalue weighted by molar-refractivity contribution is -0.119. The van der Waals surface area contributed by atoms with Gasteiger partial charge < -0.3 is 15.1 Å². The van der Waals surface area contributed by atoms with Gasteiger partial charge in [-0.15, -0.1) is 0 Å². The zero-order valence-corrected chi connectivity index (χ0v) is 17.3. The highest BCUT2D eigenvalue weighted by Gasteiger charge is 2.27. The van der Waals surface area contributed by atoms with E-state index in [1.165, 1.54) is 12.5 Å². The van der Waals surface area contributed by atoms with Gasteiger partial charge in [0, 0.05) is 64.3 Å². The van der Waals surface area contributed by atoms with E-state index in [1.54, 1.807) is 0 Å². The van der Waals surface area contributed by atoms with Crippen molar-refractivity contribution >= 4 is 11.8 Å². The molecule has 0 aromatic heterocycles. The zero-order chi connectivity index (χ0) is 19.9. The first kappa shape index (κ1) is 20.8. The van der Waals surface area contributed by atoms with Gasteiger partial charge in [-0.1, -0.05) is 12.1 Å². The number of nitrogens with one attached hydrogen (secondary N) is 1. The van der Waals surface area contributed by atoms with Crippen molar-refractivity contribution in [2.24, 2.45) is 0 Å². The third-order valence-corrected chi connectivity index (χ3v) is 5.94. The lowest BCUT2D eigenvalue weighted by atomic mass is 9.98. The van der Waals surface area contributed by atoms with Gasteiger partial charge in [0.2, 0.25) is 5.91 Å². The number of hydrogen-bond acceptors (Lipinski definition) is 4. The Kier molecular flexibility index (Phi) is 7.45. The maximum atomic E-state index is 13.1. The van der Waals surface area contributed by atoms with Gasteiger partial charge in [-0.05, 0) is 50.4 Å². The van der Waals surface area contributed by atoms with Gasteiger partial charge in [-0.25, -0.2) is 0 Å². The molecule has 2 saturated heterocycles. The molecule has 2 fully saturated rings. The normalized spacial score (nSPS) is 21.5. The molecule has 6 heteroatoms. The SMILES string of the molecule is CC(=O)NCC[C@@H]1CCCCN1C(=O)c1ccc(CN2CCN(C)CC2)cc1. The standard InChI is InChI=1S/C22H34N4O2/c1-18(27)23-11-10-21-5-3-4-12-26(21)22(28)20-8-6-19(7-9-20)17-25-15-13-24(2)14-16-25/h6-9,21H,3-5,10-17H2,1-2H3,(H,23,27)/t21-/m0/s1. The molecule has 0 aliphatic carbocycles. The van der Waals surface area contributed by atoms with Crippen LogP contribution in [0.25, 0.3) is 0 Å². The number of carbonyl (C=O) groups is 2. The van der Waals surface area contributed by atoms with Crippen LogP contribution in [-0.2, 0) is 11.3 Å². The molecule has 3 rings (SSSR count). The molecular formula is C22H34N4O2. The van der Waals surface area contributed by atoms with Crippen LogP contribution in [-0.4, -0.2) is 78.9 Å². The number of benzene rings is 1. The smallest absolute Gasteiger partial charge is 0.254 e. The summed E-state index contributed by atoms with van der Waals surface area (Å²) in [5, 5.41) is 2.86. The van der Waals surface area contributed by atoms with Crippen molar-refractivity contribution in [2.45, 2.75) is 45.2 Å². The van der Waals surface area contributed by atoms with E-state index in [4.69, 9.17) is 0 Å². The molecule has 28 heavy (non-hydrogen) atoms. The summed E-state index contributed by atoms with van der Waals surface area (Å²) in [7, 11) is 2.17. The van der Waals surface area contributed by atoms with E-state index >= 15 is 0 Å². The minimum atomic E-state index is -0.00961. The first-order valence-electron chi connectivity index (χ1n) is 10.6. The monoisotopic (exact) mass is 386 g/mol. The number of hydrogen-bond donors (Lipinski definition) is 1. The maximum absolute atomic E-state index is 13.1. The zero-order valence-electron chi connectivity index (χ0n) is 17.3. The summed E-state index contributed by atoms with van der Waals surface area (Å²) in [6.07, 6.45) is 4.06. The van der Waals surface area contributed by atoms with Crippen molar-refractivity contribution in [3.8, 4) is 0 Å². The molecule has 2 aliphatic heterocycles. The molecule has 2 amide bonds. The maximum Gasteiger partial charge on any atom is 0.254 e. The Hall–Kier alpha value is -1.92. The summed E-state index contributed by atoms with van der Waals surface area (Å²) < 4.78 is 0. The molecule has 154 valence electrons. The van der Waals surface area contributed by atoms with Crippen LogP contribution in [0.15, 0.2) is 24.3 Å². The van der Waals surface area contributed by atoms with Gasteiger partial charge in [-0.3, -0.25) is 14.5 Å². The number of piperidine rings is 1. The fourth-order valence-corrected chi connectivity index (χ4v) is 4.17.